The van der Waals surface area contributed by atoms with Gasteiger partial charge in [0.1, 0.15) is 0 Å². The topological polar surface area (TPSA) is 58.6 Å². The van der Waals surface area contributed by atoms with E-state index in [0.717, 1.165) is 67.5 Å². The molecule has 1 atom stereocenters. The summed E-state index contributed by atoms with van der Waals surface area (Å²) in [5, 5.41) is 0. The molecule has 2 aromatic rings. The molecule has 0 unspecified atom stereocenters. The monoisotopic (exact) mass is 415 g/mol. The van der Waals surface area contributed by atoms with Crippen molar-refractivity contribution in [2.24, 2.45) is 0 Å². The third-order valence-corrected chi connectivity index (χ3v) is 5.46. The van der Waals surface area contributed by atoms with Crippen molar-refractivity contribution in [2.45, 2.75) is 32.0 Å². The zero-order valence-corrected chi connectivity index (χ0v) is 17.8. The van der Waals surface area contributed by atoms with Crippen molar-refractivity contribution in [1.29, 1.82) is 0 Å². The number of benzene rings is 2. The normalized spacial score (nSPS) is 17.4. The Hall–Kier alpha value is -2.64. The molecule has 0 N–H and O–H groups in total. The van der Waals surface area contributed by atoms with Crippen molar-refractivity contribution in [3.05, 3.63) is 41.5 Å². The van der Waals surface area contributed by atoms with E-state index in [-0.39, 0.29) is 12.9 Å². The van der Waals surface area contributed by atoms with Crippen LogP contribution in [-0.2, 0) is 17.8 Å². The maximum Gasteiger partial charge on any atom is 0.231 e. The molecule has 0 aromatic heterocycles. The number of hydrogen-bond acceptors (Lipinski definition) is 7. The maximum atomic E-state index is 5.90. The number of rotatable bonds is 9. The molecule has 2 aromatic carbocycles. The number of fused-ring (bicyclic) bond motifs is 1. The van der Waals surface area contributed by atoms with Gasteiger partial charge in [-0.15, -0.1) is 0 Å². The van der Waals surface area contributed by atoms with Crippen LogP contribution in [0.15, 0.2) is 30.3 Å². The molecule has 0 aliphatic carbocycles. The van der Waals surface area contributed by atoms with E-state index in [1.807, 2.05) is 24.3 Å². The van der Waals surface area contributed by atoms with Gasteiger partial charge in [0.2, 0.25) is 12.5 Å². The van der Waals surface area contributed by atoms with Gasteiger partial charge in [-0.2, -0.15) is 0 Å². The molecule has 0 bridgehead atoms. The molecule has 0 radical (unpaired) electrons. The molecule has 4 rings (SSSR count). The third kappa shape index (κ3) is 4.57. The fourth-order valence-electron chi connectivity index (χ4n) is 4.03. The van der Waals surface area contributed by atoms with Crippen LogP contribution in [0.2, 0.25) is 0 Å². The smallest absolute Gasteiger partial charge is 0.231 e. The van der Waals surface area contributed by atoms with Gasteiger partial charge >= 0.3 is 0 Å². The first-order chi connectivity index (χ1) is 14.7. The molecule has 162 valence electrons. The van der Waals surface area contributed by atoms with Gasteiger partial charge in [0.05, 0.1) is 27.4 Å². The van der Waals surface area contributed by atoms with E-state index in [9.17, 15) is 0 Å². The summed E-state index contributed by atoms with van der Waals surface area (Å²) in [5.41, 5.74) is 2.26. The van der Waals surface area contributed by atoms with E-state index in [4.69, 9.17) is 28.4 Å². The second-order valence-electron chi connectivity index (χ2n) is 7.53. The highest BCUT2D eigenvalue weighted by molar-refractivity contribution is 5.55. The predicted octanol–water partition coefficient (Wildman–Crippen LogP) is 3.62. The Balaban J connectivity index is 1.56. The van der Waals surface area contributed by atoms with Crippen molar-refractivity contribution >= 4 is 0 Å². The number of ether oxygens (including phenoxy) is 6. The van der Waals surface area contributed by atoms with Crippen molar-refractivity contribution < 1.29 is 28.4 Å². The van der Waals surface area contributed by atoms with E-state index < -0.39 is 0 Å². The summed E-state index contributed by atoms with van der Waals surface area (Å²) in [5.74, 6) is 3.56. The Morgan fingerprint density at radius 3 is 2.40 bits per heavy atom. The van der Waals surface area contributed by atoms with E-state index in [1.54, 1.807) is 21.3 Å². The third-order valence-electron chi connectivity index (χ3n) is 5.46. The Morgan fingerprint density at radius 1 is 0.900 bits per heavy atom. The van der Waals surface area contributed by atoms with Gasteiger partial charge in [-0.3, -0.25) is 4.90 Å². The first-order valence-electron chi connectivity index (χ1n) is 10.2. The molecule has 7 nitrogen and oxygen atoms in total. The largest absolute Gasteiger partial charge is 0.493 e. The molecule has 7 heteroatoms. The van der Waals surface area contributed by atoms with Crippen LogP contribution in [0.3, 0.4) is 0 Å². The SMILES string of the molecule is COc1ccc(CN(Cc2cc(OC)c3c(c2)OCO3)C[C@@H]2CCCO2)cc1OC. The van der Waals surface area contributed by atoms with E-state index >= 15 is 0 Å². The first kappa shape index (κ1) is 20.6. The minimum absolute atomic E-state index is 0.223. The first-order valence-corrected chi connectivity index (χ1v) is 10.2. The standard InChI is InChI=1S/C23H29NO6/c1-25-19-7-6-16(9-20(19)26-2)12-24(14-18-5-4-8-28-18)13-17-10-21(27-3)23-22(11-17)29-15-30-23/h6-7,9-11,18H,4-5,8,12-15H2,1-3H3/t18-/m0/s1. The summed E-state index contributed by atoms with van der Waals surface area (Å²) in [6.45, 7) is 3.41. The van der Waals surface area contributed by atoms with Gasteiger partial charge in [0, 0.05) is 26.2 Å². The highest BCUT2D eigenvalue weighted by atomic mass is 16.7. The fourth-order valence-corrected chi connectivity index (χ4v) is 4.03. The lowest BCUT2D eigenvalue weighted by Gasteiger charge is -2.26. The number of methoxy groups -OCH3 is 3. The fraction of sp³-hybridized carbons (Fsp3) is 0.478. The van der Waals surface area contributed by atoms with Crippen molar-refractivity contribution in [2.75, 3.05) is 41.3 Å². The Kier molecular flexibility index (Phi) is 6.50. The quantitative estimate of drug-likeness (QED) is 0.620. The van der Waals surface area contributed by atoms with Gasteiger partial charge in [-0.1, -0.05) is 6.07 Å². The summed E-state index contributed by atoms with van der Waals surface area (Å²) in [7, 11) is 4.95. The van der Waals surface area contributed by atoms with Crippen LogP contribution in [0.5, 0.6) is 28.7 Å². The summed E-state index contributed by atoms with van der Waals surface area (Å²) in [4.78, 5) is 2.38. The van der Waals surface area contributed by atoms with Crippen LogP contribution in [0.1, 0.15) is 24.0 Å². The maximum absolute atomic E-state index is 5.90. The number of nitrogens with zero attached hydrogens (tertiary/aromatic N) is 1. The minimum atomic E-state index is 0.223. The zero-order valence-electron chi connectivity index (χ0n) is 17.8. The average molecular weight is 415 g/mol. The Labute approximate surface area is 177 Å². The average Bonchev–Trinajstić information content (AvgIpc) is 3.44. The van der Waals surface area contributed by atoms with Crippen LogP contribution < -0.4 is 23.7 Å². The van der Waals surface area contributed by atoms with Crippen molar-refractivity contribution in [1.82, 2.24) is 4.90 Å². The Morgan fingerprint density at radius 2 is 1.67 bits per heavy atom. The van der Waals surface area contributed by atoms with E-state index in [2.05, 4.69) is 11.0 Å². The van der Waals surface area contributed by atoms with Crippen LogP contribution in [0, 0.1) is 0 Å². The molecule has 1 fully saturated rings. The summed E-state index contributed by atoms with van der Waals surface area (Å²) < 4.78 is 33.4. The second-order valence-corrected chi connectivity index (χ2v) is 7.53. The zero-order chi connectivity index (χ0) is 20.9. The van der Waals surface area contributed by atoms with Gasteiger partial charge in [-0.25, -0.2) is 0 Å². The van der Waals surface area contributed by atoms with Crippen LogP contribution in [0.4, 0.5) is 0 Å². The second kappa shape index (κ2) is 9.45. The summed E-state index contributed by atoms with van der Waals surface area (Å²) in [6, 6.07) is 10.1. The highest BCUT2D eigenvalue weighted by Gasteiger charge is 2.23. The van der Waals surface area contributed by atoms with Crippen molar-refractivity contribution in [3.63, 3.8) is 0 Å². The van der Waals surface area contributed by atoms with Crippen LogP contribution >= 0.6 is 0 Å². The molecule has 0 spiro atoms. The molecular formula is C23H29NO6. The predicted molar refractivity (Wildman–Crippen MR) is 112 cm³/mol. The number of hydrogen-bond donors (Lipinski definition) is 0. The van der Waals surface area contributed by atoms with Gasteiger partial charge < -0.3 is 28.4 Å². The molecular weight excluding hydrogens is 386 g/mol. The molecule has 2 aliphatic rings. The van der Waals surface area contributed by atoms with E-state index in [1.165, 1.54) is 0 Å². The summed E-state index contributed by atoms with van der Waals surface area (Å²) >= 11 is 0. The lowest BCUT2D eigenvalue weighted by atomic mass is 10.1. The molecule has 0 saturated carbocycles. The van der Waals surface area contributed by atoms with Crippen molar-refractivity contribution in [3.8, 4) is 28.7 Å². The van der Waals surface area contributed by atoms with Crippen LogP contribution in [0.25, 0.3) is 0 Å². The molecule has 2 heterocycles. The molecule has 2 aliphatic heterocycles. The van der Waals surface area contributed by atoms with Gasteiger partial charge in [0.15, 0.2) is 23.0 Å². The van der Waals surface area contributed by atoms with E-state index in [0.29, 0.717) is 11.5 Å². The Bertz CT molecular complexity index is 865. The molecule has 0 amide bonds. The minimum Gasteiger partial charge on any atom is -0.493 e. The van der Waals surface area contributed by atoms with Crippen LogP contribution in [-0.4, -0.2) is 52.3 Å². The molecule has 30 heavy (non-hydrogen) atoms. The highest BCUT2D eigenvalue weighted by Crippen LogP contribution is 2.42. The van der Waals surface area contributed by atoms with Gasteiger partial charge in [0.25, 0.3) is 0 Å². The summed E-state index contributed by atoms with van der Waals surface area (Å²) in [6.07, 6.45) is 2.46. The lowest BCUT2D eigenvalue weighted by molar-refractivity contribution is 0.0678. The lowest BCUT2D eigenvalue weighted by Crippen LogP contribution is -2.31. The van der Waals surface area contributed by atoms with Gasteiger partial charge in [-0.05, 0) is 48.2 Å². The molecule has 1 saturated heterocycles.